The van der Waals surface area contributed by atoms with Crippen LogP contribution in [0.1, 0.15) is 6.42 Å². The third-order valence-corrected chi connectivity index (χ3v) is 2.04. The minimum atomic E-state index is -2.16. The number of carbonyl (C=O) groups is 1. The molecule has 1 radical (unpaired) electrons. The molecule has 0 bridgehead atoms. The average Bonchev–Trinajstić information content (AvgIpc) is 1.99. The molecule has 0 heterocycles. The van der Waals surface area contributed by atoms with E-state index in [1.165, 1.54) is 11.8 Å². The summed E-state index contributed by atoms with van der Waals surface area (Å²) in [6.07, 6.45) is 1.77. The second-order valence-corrected chi connectivity index (χ2v) is 3.26. The van der Waals surface area contributed by atoms with E-state index in [0.717, 1.165) is 0 Å². The van der Waals surface area contributed by atoms with E-state index >= 15 is 0 Å². The van der Waals surface area contributed by atoms with E-state index in [1.807, 2.05) is 0 Å². The summed E-state index contributed by atoms with van der Waals surface area (Å²) in [5.41, 5.74) is -2.16. The molecule has 0 aliphatic heterocycles. The van der Waals surface area contributed by atoms with E-state index in [1.54, 1.807) is 6.26 Å². The second kappa shape index (κ2) is 6.61. The van der Waals surface area contributed by atoms with Crippen LogP contribution in [0.4, 0.5) is 0 Å². The number of hydrogen-bond acceptors (Lipinski definition) is 6. The topological polar surface area (TPSA) is 113 Å². The molecule has 0 aromatic heterocycles. The van der Waals surface area contributed by atoms with Gasteiger partial charge in [-0.3, -0.25) is 11.7 Å². The fraction of sp³-hybridized carbons (Fsp3) is 0.800. The normalized spacial score (nSPS) is 14.8. The van der Waals surface area contributed by atoms with Gasteiger partial charge in [0, 0.05) is 23.5 Å². The Hall–Kier alpha value is 0.179. The summed E-state index contributed by atoms with van der Waals surface area (Å²) in [5.74, 6) is 8.99. The number of hydrogen-bond donors (Lipinski definition) is 4. The number of hydrazine groups is 2. The molecule has 0 aliphatic rings. The van der Waals surface area contributed by atoms with Gasteiger partial charge in [-0.15, -0.1) is 5.12 Å². The number of aliphatic hydroxyl groups is 1. The number of nitrogens with zero attached hydrogens (tertiary/aromatic N) is 1. The van der Waals surface area contributed by atoms with Gasteiger partial charge < -0.3 is 10.2 Å². The maximum Gasteiger partial charge on any atom is 0.354 e. The van der Waals surface area contributed by atoms with Crippen LogP contribution in [0.3, 0.4) is 0 Å². The van der Waals surface area contributed by atoms with Gasteiger partial charge in [0.25, 0.3) is 0 Å². The Bertz CT molecular complexity index is 171. The number of rotatable bonds is 5. The quantitative estimate of drug-likeness (QED) is 0.204. The predicted octanol–water partition coefficient (Wildman–Crippen LogP) is -1.44. The number of carboxylic acids is 1. The predicted molar refractivity (Wildman–Crippen MR) is 45.8 cm³/mol. The van der Waals surface area contributed by atoms with Gasteiger partial charge >= 0.3 is 5.97 Å². The van der Waals surface area contributed by atoms with E-state index in [-0.39, 0.29) is 23.5 Å². The number of carboxylic acid groups (broad SMARTS) is 1. The van der Waals surface area contributed by atoms with Gasteiger partial charge in [-0.2, -0.15) is 11.8 Å². The third-order valence-electron chi connectivity index (χ3n) is 1.42. The van der Waals surface area contributed by atoms with Crippen LogP contribution in [-0.4, -0.2) is 39.0 Å². The SMILES string of the molecule is CSCCC(O)(C(=O)O)N(N)N.[Mn]. The second-order valence-electron chi connectivity index (χ2n) is 2.27. The van der Waals surface area contributed by atoms with Crippen LogP contribution in [-0.2, 0) is 21.9 Å². The van der Waals surface area contributed by atoms with Gasteiger partial charge in [-0.25, -0.2) is 4.79 Å². The molecule has 8 heteroatoms. The van der Waals surface area contributed by atoms with Crippen LogP contribution in [0.5, 0.6) is 0 Å². The molecule has 0 saturated carbocycles. The molecule has 0 rings (SSSR count). The Balaban J connectivity index is 0. The zero-order valence-corrected chi connectivity index (χ0v) is 9.10. The molecular weight excluding hydrogens is 237 g/mol. The van der Waals surface area contributed by atoms with Gasteiger partial charge in [0.1, 0.15) is 0 Å². The van der Waals surface area contributed by atoms with E-state index in [0.29, 0.717) is 10.9 Å². The number of nitrogens with two attached hydrogens (primary N) is 2. The van der Waals surface area contributed by atoms with E-state index < -0.39 is 11.7 Å². The van der Waals surface area contributed by atoms with Gasteiger partial charge in [-0.1, -0.05) is 0 Å². The summed E-state index contributed by atoms with van der Waals surface area (Å²) < 4.78 is 0. The van der Waals surface area contributed by atoms with Crippen molar-refractivity contribution in [3.05, 3.63) is 0 Å². The van der Waals surface area contributed by atoms with Crippen LogP contribution in [0.2, 0.25) is 0 Å². The maximum absolute atomic E-state index is 10.5. The van der Waals surface area contributed by atoms with Crippen molar-refractivity contribution in [1.82, 2.24) is 5.12 Å². The zero-order valence-electron chi connectivity index (χ0n) is 7.11. The smallest absolute Gasteiger partial charge is 0.354 e. The Morgan fingerprint density at radius 3 is 2.31 bits per heavy atom. The van der Waals surface area contributed by atoms with Crippen molar-refractivity contribution >= 4 is 17.7 Å². The first-order valence-electron chi connectivity index (χ1n) is 3.19. The minimum Gasteiger partial charge on any atom is -0.478 e. The van der Waals surface area contributed by atoms with Crippen molar-refractivity contribution < 1.29 is 32.1 Å². The van der Waals surface area contributed by atoms with Crippen molar-refractivity contribution in [2.24, 2.45) is 11.7 Å². The van der Waals surface area contributed by atoms with E-state index in [4.69, 9.17) is 16.8 Å². The first kappa shape index (κ1) is 15.6. The summed E-state index contributed by atoms with van der Waals surface area (Å²) in [7, 11) is 0. The maximum atomic E-state index is 10.5. The van der Waals surface area contributed by atoms with Gasteiger partial charge in [0.05, 0.1) is 0 Å². The molecule has 0 amide bonds. The van der Waals surface area contributed by atoms with Crippen molar-refractivity contribution in [2.45, 2.75) is 12.1 Å². The molecule has 13 heavy (non-hydrogen) atoms. The Kier molecular flexibility index (Phi) is 7.95. The Labute approximate surface area is 91.0 Å². The molecule has 79 valence electrons. The van der Waals surface area contributed by atoms with Crippen molar-refractivity contribution in [2.75, 3.05) is 12.0 Å². The standard InChI is InChI=1S/C5H13N3O3S.Mn/c1-12-3-2-5(11,4(9)10)8(6)7;/h11H,2-3,6-7H2,1H3,(H,9,10);. The van der Waals surface area contributed by atoms with Crippen LogP contribution < -0.4 is 11.7 Å². The van der Waals surface area contributed by atoms with Crippen molar-refractivity contribution in [3.63, 3.8) is 0 Å². The van der Waals surface area contributed by atoms with E-state index in [2.05, 4.69) is 0 Å². The molecule has 6 nitrogen and oxygen atoms in total. The Morgan fingerprint density at radius 1 is 1.62 bits per heavy atom. The Morgan fingerprint density at radius 2 is 2.08 bits per heavy atom. The molecule has 1 unspecified atom stereocenters. The molecule has 0 aliphatic carbocycles. The molecule has 0 aromatic carbocycles. The first-order chi connectivity index (χ1) is 5.45. The number of aliphatic carboxylic acids is 1. The summed E-state index contributed by atoms with van der Waals surface area (Å²) in [5, 5.41) is 18.2. The van der Waals surface area contributed by atoms with E-state index in [9.17, 15) is 9.90 Å². The molecule has 0 saturated heterocycles. The summed E-state index contributed by atoms with van der Waals surface area (Å²) >= 11 is 1.40. The van der Waals surface area contributed by atoms with Crippen molar-refractivity contribution in [1.29, 1.82) is 0 Å². The number of thioether (sulfide) groups is 1. The third kappa shape index (κ3) is 4.28. The molecule has 0 aromatic rings. The molecular formula is C5H13MnN3O3S. The summed E-state index contributed by atoms with van der Waals surface area (Å²) in [6.45, 7) is 0. The van der Waals surface area contributed by atoms with Crippen LogP contribution in [0, 0.1) is 0 Å². The fourth-order valence-electron chi connectivity index (χ4n) is 0.591. The van der Waals surface area contributed by atoms with Gasteiger partial charge in [0.15, 0.2) is 0 Å². The first-order valence-corrected chi connectivity index (χ1v) is 4.59. The van der Waals surface area contributed by atoms with Gasteiger partial charge in [-0.05, 0) is 12.0 Å². The largest absolute Gasteiger partial charge is 0.478 e. The van der Waals surface area contributed by atoms with Gasteiger partial charge in [0.2, 0.25) is 5.72 Å². The summed E-state index contributed by atoms with van der Waals surface area (Å²) in [6, 6.07) is 0. The molecule has 0 fully saturated rings. The monoisotopic (exact) mass is 250 g/mol. The molecule has 0 spiro atoms. The van der Waals surface area contributed by atoms with Crippen LogP contribution in [0.15, 0.2) is 0 Å². The molecule has 1 atom stereocenters. The molecule has 6 N–H and O–H groups in total. The summed E-state index contributed by atoms with van der Waals surface area (Å²) in [4.78, 5) is 10.5. The minimum absolute atomic E-state index is 0. The van der Waals surface area contributed by atoms with Crippen LogP contribution >= 0.6 is 11.8 Å². The van der Waals surface area contributed by atoms with Crippen molar-refractivity contribution in [3.8, 4) is 0 Å². The zero-order chi connectivity index (χ0) is 9.78. The average molecular weight is 250 g/mol. The van der Waals surface area contributed by atoms with Crippen LogP contribution in [0.25, 0.3) is 0 Å². The fourth-order valence-corrected chi connectivity index (χ4v) is 1.08.